The van der Waals surface area contributed by atoms with Crippen molar-refractivity contribution in [3.63, 3.8) is 0 Å². The van der Waals surface area contributed by atoms with Crippen LogP contribution in [0, 0.1) is 0 Å². The van der Waals surface area contributed by atoms with Crippen LogP contribution < -0.4 is 11.1 Å². The van der Waals surface area contributed by atoms with Crippen molar-refractivity contribution in [2.75, 3.05) is 17.6 Å². The number of thiophene rings is 1. The summed E-state index contributed by atoms with van der Waals surface area (Å²) in [6.45, 7) is 0.827. The molecule has 0 spiro atoms. The molecule has 2 aromatic rings. The van der Waals surface area contributed by atoms with E-state index >= 15 is 0 Å². The lowest BCUT2D eigenvalue weighted by Gasteiger charge is -2.04. The van der Waals surface area contributed by atoms with Gasteiger partial charge < -0.3 is 11.1 Å². The van der Waals surface area contributed by atoms with E-state index in [9.17, 15) is 0 Å². The monoisotopic (exact) mass is 253 g/mol. The Balaban J connectivity index is 1.84. The van der Waals surface area contributed by atoms with E-state index in [0.29, 0.717) is 0 Å². The average Bonchev–Trinajstić information content (AvgIpc) is 2.64. The predicted molar refractivity (Wildman–Crippen MR) is 70.2 cm³/mol. The van der Waals surface area contributed by atoms with Crippen LogP contribution in [0.1, 0.15) is 4.88 Å². The molecular formula is C11H12ClN3S. The lowest BCUT2D eigenvalue weighted by molar-refractivity contribution is 1.03. The molecule has 2 rings (SSSR count). The highest BCUT2D eigenvalue weighted by Crippen LogP contribution is 2.21. The van der Waals surface area contributed by atoms with E-state index in [1.165, 1.54) is 4.88 Å². The minimum absolute atomic E-state index is 0.719. The molecule has 3 nitrogen and oxygen atoms in total. The van der Waals surface area contributed by atoms with Gasteiger partial charge in [0.25, 0.3) is 0 Å². The highest BCUT2D eigenvalue weighted by Gasteiger charge is 1.98. The van der Waals surface area contributed by atoms with Crippen LogP contribution in [0.4, 0.5) is 11.5 Å². The van der Waals surface area contributed by atoms with Crippen molar-refractivity contribution in [1.29, 1.82) is 0 Å². The topological polar surface area (TPSA) is 50.9 Å². The fraction of sp³-hybridized carbons (Fsp3) is 0.182. The smallest absolute Gasteiger partial charge is 0.127 e. The lowest BCUT2D eigenvalue weighted by Crippen LogP contribution is -2.05. The van der Waals surface area contributed by atoms with Gasteiger partial charge in [-0.25, -0.2) is 4.98 Å². The van der Waals surface area contributed by atoms with E-state index in [1.807, 2.05) is 18.2 Å². The average molecular weight is 254 g/mol. The molecule has 2 aromatic heterocycles. The molecule has 0 saturated heterocycles. The van der Waals surface area contributed by atoms with Crippen molar-refractivity contribution in [3.05, 3.63) is 39.7 Å². The molecule has 0 unspecified atom stereocenters. The van der Waals surface area contributed by atoms with E-state index in [1.54, 1.807) is 23.6 Å². The van der Waals surface area contributed by atoms with Gasteiger partial charge in [-0.1, -0.05) is 11.6 Å². The third-order valence-electron chi connectivity index (χ3n) is 2.09. The molecule has 0 fully saturated rings. The maximum Gasteiger partial charge on any atom is 0.127 e. The third kappa shape index (κ3) is 3.12. The summed E-state index contributed by atoms with van der Waals surface area (Å²) in [5.74, 6) is 0.808. The molecule has 3 N–H and O–H groups in total. The Bertz CT molecular complexity index is 470. The molecule has 5 heteroatoms. The Hall–Kier alpha value is -1.26. The van der Waals surface area contributed by atoms with Crippen molar-refractivity contribution in [1.82, 2.24) is 4.98 Å². The fourth-order valence-electron chi connectivity index (χ4n) is 1.34. The number of nitrogens with two attached hydrogens (primary N) is 1. The molecule has 0 amide bonds. The maximum atomic E-state index is 5.85. The molecule has 16 heavy (non-hydrogen) atoms. The summed E-state index contributed by atoms with van der Waals surface area (Å²) in [4.78, 5) is 5.43. The first-order valence-electron chi connectivity index (χ1n) is 4.93. The second kappa shape index (κ2) is 5.18. The summed E-state index contributed by atoms with van der Waals surface area (Å²) >= 11 is 7.45. The predicted octanol–water partition coefficient (Wildman–Crippen LogP) is 3.03. The maximum absolute atomic E-state index is 5.85. The summed E-state index contributed by atoms with van der Waals surface area (Å²) in [6.07, 6.45) is 2.63. The van der Waals surface area contributed by atoms with E-state index in [0.717, 1.165) is 28.8 Å². The van der Waals surface area contributed by atoms with Gasteiger partial charge in [-0.05, 0) is 24.6 Å². The van der Waals surface area contributed by atoms with Crippen LogP contribution in [0.15, 0.2) is 30.5 Å². The zero-order chi connectivity index (χ0) is 11.4. The SMILES string of the molecule is Nc1ccnc(NCCc2ccc(Cl)s2)c1. The van der Waals surface area contributed by atoms with Crippen molar-refractivity contribution in [2.24, 2.45) is 0 Å². The van der Waals surface area contributed by atoms with Crippen LogP contribution in [0.25, 0.3) is 0 Å². The van der Waals surface area contributed by atoms with Crippen LogP contribution >= 0.6 is 22.9 Å². The molecule has 0 saturated carbocycles. The molecule has 0 atom stereocenters. The minimum atomic E-state index is 0.719. The van der Waals surface area contributed by atoms with Crippen LogP contribution in [-0.2, 0) is 6.42 Å². The normalized spacial score (nSPS) is 10.3. The van der Waals surface area contributed by atoms with Gasteiger partial charge in [0.05, 0.1) is 4.34 Å². The first-order chi connectivity index (χ1) is 7.74. The van der Waals surface area contributed by atoms with Gasteiger partial charge in [-0.15, -0.1) is 11.3 Å². The summed E-state index contributed by atoms with van der Waals surface area (Å²) in [5.41, 5.74) is 6.37. The number of aromatic nitrogens is 1. The van der Waals surface area contributed by atoms with Crippen LogP contribution in [0.3, 0.4) is 0 Å². The number of rotatable bonds is 4. The number of nitrogens with zero attached hydrogens (tertiary/aromatic N) is 1. The fourth-order valence-corrected chi connectivity index (χ4v) is 2.43. The number of anilines is 2. The van der Waals surface area contributed by atoms with E-state index in [-0.39, 0.29) is 0 Å². The molecule has 0 aliphatic carbocycles. The van der Waals surface area contributed by atoms with Gasteiger partial charge >= 0.3 is 0 Å². The number of halogens is 1. The summed E-state index contributed by atoms with van der Waals surface area (Å²) < 4.78 is 0.831. The standard InChI is InChI=1S/C11H12ClN3S/c12-10-2-1-9(16-10)4-6-15-11-7-8(13)3-5-14-11/h1-3,5,7H,4,6H2,(H3,13,14,15). The van der Waals surface area contributed by atoms with Crippen molar-refractivity contribution in [3.8, 4) is 0 Å². The highest BCUT2D eigenvalue weighted by molar-refractivity contribution is 7.16. The molecule has 2 heterocycles. The second-order valence-corrected chi connectivity index (χ2v) is 5.16. The number of nitrogens with one attached hydrogen (secondary N) is 1. The summed E-state index contributed by atoms with van der Waals surface area (Å²) in [6, 6.07) is 7.55. The summed E-state index contributed by atoms with van der Waals surface area (Å²) in [5, 5.41) is 3.22. The zero-order valence-corrected chi connectivity index (χ0v) is 10.2. The van der Waals surface area contributed by atoms with Crippen LogP contribution in [-0.4, -0.2) is 11.5 Å². The van der Waals surface area contributed by atoms with Crippen molar-refractivity contribution < 1.29 is 0 Å². The molecule has 0 aliphatic heterocycles. The first kappa shape index (κ1) is 11.2. The third-order valence-corrected chi connectivity index (χ3v) is 3.38. The van der Waals surface area contributed by atoms with Gasteiger partial charge in [0.2, 0.25) is 0 Å². The quantitative estimate of drug-likeness (QED) is 0.881. The largest absolute Gasteiger partial charge is 0.399 e. The van der Waals surface area contributed by atoms with Gasteiger partial charge in [0.1, 0.15) is 5.82 Å². The Morgan fingerprint density at radius 2 is 2.25 bits per heavy atom. The molecular weight excluding hydrogens is 242 g/mol. The molecule has 0 bridgehead atoms. The van der Waals surface area contributed by atoms with E-state index in [2.05, 4.69) is 10.3 Å². The van der Waals surface area contributed by atoms with E-state index in [4.69, 9.17) is 17.3 Å². The minimum Gasteiger partial charge on any atom is -0.399 e. The zero-order valence-electron chi connectivity index (χ0n) is 8.61. The highest BCUT2D eigenvalue weighted by atomic mass is 35.5. The second-order valence-electron chi connectivity index (χ2n) is 3.36. The summed E-state index contributed by atoms with van der Waals surface area (Å²) in [7, 11) is 0. The van der Waals surface area contributed by atoms with Gasteiger partial charge in [-0.2, -0.15) is 0 Å². The number of pyridine rings is 1. The number of hydrogen-bond acceptors (Lipinski definition) is 4. The van der Waals surface area contributed by atoms with Crippen molar-refractivity contribution >= 4 is 34.4 Å². The first-order valence-corrected chi connectivity index (χ1v) is 6.13. The number of hydrogen-bond donors (Lipinski definition) is 2. The molecule has 0 aliphatic rings. The number of nitrogen functional groups attached to an aromatic ring is 1. The van der Waals surface area contributed by atoms with Crippen LogP contribution in [0.5, 0.6) is 0 Å². The van der Waals surface area contributed by atoms with Crippen molar-refractivity contribution in [2.45, 2.75) is 6.42 Å². The lowest BCUT2D eigenvalue weighted by atomic mass is 10.3. The Morgan fingerprint density at radius 1 is 1.38 bits per heavy atom. The van der Waals surface area contributed by atoms with Gasteiger partial charge in [0, 0.05) is 29.4 Å². The molecule has 0 radical (unpaired) electrons. The van der Waals surface area contributed by atoms with Gasteiger partial charge in [-0.3, -0.25) is 0 Å². The molecule has 84 valence electrons. The Kier molecular flexibility index (Phi) is 3.64. The van der Waals surface area contributed by atoms with Gasteiger partial charge in [0.15, 0.2) is 0 Å². The Labute approximate surface area is 103 Å². The molecule has 0 aromatic carbocycles. The van der Waals surface area contributed by atoms with E-state index < -0.39 is 0 Å². The van der Waals surface area contributed by atoms with Crippen LogP contribution in [0.2, 0.25) is 4.34 Å². The Morgan fingerprint density at radius 3 is 2.94 bits per heavy atom.